The zero-order chi connectivity index (χ0) is 18.8. The van der Waals surface area contributed by atoms with Crippen LogP contribution in [0.2, 0.25) is 5.28 Å². The molecule has 138 valence electrons. The largest absolute Gasteiger partial charge is 0.246 e. The van der Waals surface area contributed by atoms with Crippen LogP contribution in [0.5, 0.6) is 0 Å². The van der Waals surface area contributed by atoms with Crippen molar-refractivity contribution in [1.82, 2.24) is 19.9 Å². The Morgan fingerprint density at radius 3 is 2.56 bits per heavy atom. The van der Waals surface area contributed by atoms with Crippen molar-refractivity contribution in [3.8, 4) is 11.3 Å². The number of halogens is 2. The zero-order valence-electron chi connectivity index (χ0n) is 14.8. The third kappa shape index (κ3) is 2.66. The number of rotatable bonds is 1. The quantitative estimate of drug-likeness (QED) is 0.514. The van der Waals surface area contributed by atoms with Gasteiger partial charge in [-0.15, -0.1) is 23.5 Å². The maximum absolute atomic E-state index is 15.6. The molecule has 1 fully saturated rings. The fourth-order valence-corrected chi connectivity index (χ4v) is 7.37. The Kier molecular flexibility index (Phi) is 4.11. The van der Waals surface area contributed by atoms with E-state index in [2.05, 4.69) is 26.0 Å². The molecule has 0 radical (unpaired) electrons. The maximum atomic E-state index is 15.6. The van der Waals surface area contributed by atoms with E-state index in [-0.39, 0.29) is 15.2 Å². The van der Waals surface area contributed by atoms with Crippen LogP contribution in [0.15, 0.2) is 12.1 Å². The molecule has 0 bridgehead atoms. The van der Waals surface area contributed by atoms with E-state index >= 15 is 4.39 Å². The SMILES string of the molecule is Cc1nc2nc(Cl)nc(-c3ccc4c(c3F)CCC43SCCS3)c2nc1C. The van der Waals surface area contributed by atoms with Crippen molar-refractivity contribution in [2.75, 3.05) is 11.5 Å². The molecule has 4 nitrogen and oxygen atoms in total. The summed E-state index contributed by atoms with van der Waals surface area (Å²) in [5.41, 5.74) is 5.18. The van der Waals surface area contributed by atoms with Crippen molar-refractivity contribution in [2.45, 2.75) is 30.8 Å². The van der Waals surface area contributed by atoms with Crippen molar-refractivity contribution in [3.05, 3.63) is 45.7 Å². The van der Waals surface area contributed by atoms with E-state index in [1.807, 2.05) is 43.4 Å². The lowest BCUT2D eigenvalue weighted by Crippen LogP contribution is -2.09. The summed E-state index contributed by atoms with van der Waals surface area (Å²) in [6.45, 7) is 3.74. The lowest BCUT2D eigenvalue weighted by Gasteiger charge is -2.22. The van der Waals surface area contributed by atoms with Gasteiger partial charge in [0.15, 0.2) is 5.65 Å². The number of hydrogen-bond donors (Lipinski definition) is 0. The van der Waals surface area contributed by atoms with Gasteiger partial charge in [-0.1, -0.05) is 6.07 Å². The summed E-state index contributed by atoms with van der Waals surface area (Å²) in [4.78, 5) is 17.5. The van der Waals surface area contributed by atoms with E-state index < -0.39 is 0 Å². The Balaban J connectivity index is 1.74. The van der Waals surface area contributed by atoms with Crippen molar-refractivity contribution in [2.24, 2.45) is 0 Å². The Morgan fingerprint density at radius 1 is 1.04 bits per heavy atom. The topological polar surface area (TPSA) is 51.6 Å². The number of hydrogen-bond acceptors (Lipinski definition) is 6. The monoisotopic (exact) mass is 418 g/mol. The molecule has 0 saturated carbocycles. The van der Waals surface area contributed by atoms with Crippen LogP contribution in [0.3, 0.4) is 0 Å². The van der Waals surface area contributed by atoms with Gasteiger partial charge in [0, 0.05) is 17.1 Å². The zero-order valence-corrected chi connectivity index (χ0v) is 17.2. The van der Waals surface area contributed by atoms with E-state index in [4.69, 9.17) is 11.6 Å². The number of benzene rings is 1. The molecule has 1 spiro atoms. The maximum Gasteiger partial charge on any atom is 0.225 e. The predicted molar refractivity (Wildman–Crippen MR) is 110 cm³/mol. The van der Waals surface area contributed by atoms with Crippen molar-refractivity contribution >= 4 is 46.3 Å². The molecule has 1 aliphatic heterocycles. The number of aromatic nitrogens is 4. The van der Waals surface area contributed by atoms with Gasteiger partial charge in [0.2, 0.25) is 5.28 Å². The molecule has 2 aliphatic rings. The summed E-state index contributed by atoms with van der Waals surface area (Å²) >= 11 is 10.00. The normalized spacial score (nSPS) is 17.8. The van der Waals surface area contributed by atoms with Gasteiger partial charge in [0.1, 0.15) is 17.0 Å². The van der Waals surface area contributed by atoms with Gasteiger partial charge in [0.25, 0.3) is 0 Å². The average molecular weight is 419 g/mol. The first-order chi connectivity index (χ1) is 13.0. The first kappa shape index (κ1) is 17.6. The molecule has 5 rings (SSSR count). The minimum Gasteiger partial charge on any atom is -0.246 e. The number of aryl methyl sites for hydroxylation is 2. The molecule has 0 unspecified atom stereocenters. The summed E-state index contributed by atoms with van der Waals surface area (Å²) in [5.74, 6) is 2.02. The minimum absolute atomic E-state index is 0.0214. The van der Waals surface area contributed by atoms with Crippen LogP contribution in [0, 0.1) is 19.7 Å². The molecule has 1 aromatic carbocycles. The summed E-state index contributed by atoms with van der Waals surface area (Å²) in [6.07, 6.45) is 1.72. The second-order valence-electron chi connectivity index (χ2n) is 6.81. The van der Waals surface area contributed by atoms with Crippen LogP contribution in [0.4, 0.5) is 4.39 Å². The van der Waals surface area contributed by atoms with Crippen LogP contribution in [-0.2, 0) is 10.5 Å². The van der Waals surface area contributed by atoms with Gasteiger partial charge in [0.05, 0.1) is 15.5 Å². The standard InChI is InChI=1S/C19H16ClFN4S2/c1-9-10(2)23-17-16(22-9)15(24-18(20)25-17)12-3-4-13-11(14(12)21)5-6-19(13)26-7-8-27-19/h3-4H,5-8H2,1-2H3. The van der Waals surface area contributed by atoms with Crippen LogP contribution < -0.4 is 0 Å². The second-order valence-corrected chi connectivity index (χ2v) is 10.2. The third-order valence-electron chi connectivity index (χ3n) is 5.28. The van der Waals surface area contributed by atoms with Crippen LogP contribution in [0.25, 0.3) is 22.4 Å². The Labute approximate surface area is 169 Å². The van der Waals surface area contributed by atoms with Crippen LogP contribution in [0.1, 0.15) is 28.9 Å². The van der Waals surface area contributed by atoms with E-state index in [1.165, 1.54) is 0 Å². The smallest absolute Gasteiger partial charge is 0.225 e. The Bertz CT molecular complexity index is 1100. The molecule has 0 N–H and O–H groups in total. The first-order valence-corrected chi connectivity index (χ1v) is 11.1. The highest BCUT2D eigenvalue weighted by Gasteiger charge is 2.44. The molecule has 0 atom stereocenters. The van der Waals surface area contributed by atoms with E-state index in [0.717, 1.165) is 46.9 Å². The van der Waals surface area contributed by atoms with Crippen molar-refractivity contribution in [3.63, 3.8) is 0 Å². The number of nitrogens with zero attached hydrogens (tertiary/aromatic N) is 4. The molecule has 3 heterocycles. The van der Waals surface area contributed by atoms with E-state index in [9.17, 15) is 0 Å². The molecule has 1 aliphatic carbocycles. The summed E-state index contributed by atoms with van der Waals surface area (Å²) in [5, 5.41) is 0.0494. The van der Waals surface area contributed by atoms with Gasteiger partial charge >= 0.3 is 0 Å². The van der Waals surface area contributed by atoms with Gasteiger partial charge in [-0.25, -0.2) is 19.3 Å². The fourth-order valence-electron chi connectivity index (χ4n) is 3.86. The molecular weight excluding hydrogens is 403 g/mol. The molecule has 1 saturated heterocycles. The Hall–Kier alpha value is -1.44. The van der Waals surface area contributed by atoms with Crippen LogP contribution in [-0.4, -0.2) is 31.4 Å². The summed E-state index contributed by atoms with van der Waals surface area (Å²) in [7, 11) is 0. The molecule has 3 aromatic rings. The highest BCUT2D eigenvalue weighted by molar-refractivity contribution is 8.20. The average Bonchev–Trinajstić information content (AvgIpc) is 3.25. The van der Waals surface area contributed by atoms with Gasteiger partial charge in [-0.05, 0) is 55.5 Å². The van der Waals surface area contributed by atoms with E-state index in [1.54, 1.807) is 0 Å². The highest BCUT2D eigenvalue weighted by Crippen LogP contribution is 2.59. The second kappa shape index (κ2) is 6.29. The first-order valence-electron chi connectivity index (χ1n) is 8.77. The molecule has 2 aromatic heterocycles. The third-order valence-corrected chi connectivity index (χ3v) is 9.01. The van der Waals surface area contributed by atoms with Gasteiger partial charge < -0.3 is 0 Å². The lowest BCUT2D eigenvalue weighted by atomic mass is 10.0. The number of thioether (sulfide) groups is 2. The fraction of sp³-hybridized carbons (Fsp3) is 0.368. The van der Waals surface area contributed by atoms with Crippen molar-refractivity contribution in [1.29, 1.82) is 0 Å². The highest BCUT2D eigenvalue weighted by atomic mass is 35.5. The lowest BCUT2D eigenvalue weighted by molar-refractivity contribution is 0.615. The summed E-state index contributed by atoms with van der Waals surface area (Å²) < 4.78 is 15.6. The molecule has 27 heavy (non-hydrogen) atoms. The van der Waals surface area contributed by atoms with E-state index in [0.29, 0.717) is 22.4 Å². The van der Waals surface area contributed by atoms with Gasteiger partial charge in [-0.3, -0.25) is 0 Å². The van der Waals surface area contributed by atoms with Gasteiger partial charge in [-0.2, -0.15) is 4.98 Å². The summed E-state index contributed by atoms with van der Waals surface area (Å²) in [6, 6.07) is 3.87. The number of fused-ring (bicyclic) bond motifs is 3. The van der Waals surface area contributed by atoms with Crippen LogP contribution >= 0.6 is 35.1 Å². The molecule has 0 amide bonds. The minimum atomic E-state index is -0.214. The molecule has 8 heteroatoms. The Morgan fingerprint density at radius 2 is 1.78 bits per heavy atom. The predicted octanol–water partition coefficient (Wildman–Crippen LogP) is 5.08. The molecular formula is C19H16ClFN4S2. The van der Waals surface area contributed by atoms with Crippen molar-refractivity contribution < 1.29 is 4.39 Å².